The fraction of sp³-hybridized carbons (Fsp3) is 0.500. The number of carbonyl (C=O) groups excluding carboxylic acids is 1. The van der Waals surface area contributed by atoms with Gasteiger partial charge in [-0.05, 0) is 61.9 Å². The molecule has 0 bridgehead atoms. The van der Waals surface area contributed by atoms with Crippen molar-refractivity contribution in [2.45, 2.75) is 57.3 Å². The summed E-state index contributed by atoms with van der Waals surface area (Å²) in [5.41, 5.74) is 4.60. The van der Waals surface area contributed by atoms with Crippen molar-refractivity contribution in [3.8, 4) is 5.75 Å². The van der Waals surface area contributed by atoms with Gasteiger partial charge in [-0.15, -0.1) is 0 Å². The largest absolute Gasteiger partial charge is 0.488 e. The van der Waals surface area contributed by atoms with E-state index in [1.54, 1.807) is 0 Å². The number of ether oxygens (including phenoxy) is 1. The minimum Gasteiger partial charge on any atom is -0.488 e. The minimum absolute atomic E-state index is 0.0523. The van der Waals surface area contributed by atoms with Gasteiger partial charge in [0.2, 0.25) is 5.91 Å². The van der Waals surface area contributed by atoms with Crippen molar-refractivity contribution >= 4 is 17.3 Å². The summed E-state index contributed by atoms with van der Waals surface area (Å²) in [5, 5.41) is 13.7. The number of hydrogen-bond donors (Lipinski definition) is 2. The van der Waals surface area contributed by atoms with Crippen LogP contribution in [-0.4, -0.2) is 60.3 Å². The lowest BCUT2D eigenvalue weighted by Gasteiger charge is -2.44. The van der Waals surface area contributed by atoms with Gasteiger partial charge in [0.05, 0.1) is 0 Å². The van der Waals surface area contributed by atoms with Gasteiger partial charge in [-0.1, -0.05) is 18.2 Å². The summed E-state index contributed by atoms with van der Waals surface area (Å²) < 4.78 is 6.15. The zero-order valence-electron chi connectivity index (χ0n) is 18.8. The van der Waals surface area contributed by atoms with Gasteiger partial charge in [0, 0.05) is 56.1 Å². The zero-order chi connectivity index (χ0) is 22.1. The first-order chi connectivity index (χ1) is 15.5. The number of hydrogen-bond acceptors (Lipinski definition) is 5. The molecule has 0 aromatic heterocycles. The predicted molar refractivity (Wildman–Crippen MR) is 126 cm³/mol. The molecule has 3 heterocycles. The van der Waals surface area contributed by atoms with Gasteiger partial charge in [0.25, 0.3) is 0 Å². The third-order valence-corrected chi connectivity index (χ3v) is 7.16. The molecule has 0 unspecified atom stereocenters. The summed E-state index contributed by atoms with van der Waals surface area (Å²) >= 11 is 0. The number of likely N-dealkylation sites (tertiary alicyclic amines) is 1. The average molecular weight is 436 g/mol. The fourth-order valence-corrected chi connectivity index (χ4v) is 5.32. The summed E-state index contributed by atoms with van der Waals surface area (Å²) in [5.74, 6) is 0.770. The van der Waals surface area contributed by atoms with E-state index in [9.17, 15) is 9.90 Å². The van der Waals surface area contributed by atoms with E-state index in [-0.39, 0.29) is 12.0 Å². The molecule has 2 aromatic rings. The Kier molecular flexibility index (Phi) is 6.07. The normalized spacial score (nSPS) is 24.7. The summed E-state index contributed by atoms with van der Waals surface area (Å²) in [6.45, 7) is 5.85. The Hall–Kier alpha value is -2.57. The Labute approximate surface area is 190 Å². The van der Waals surface area contributed by atoms with Crippen molar-refractivity contribution in [3.05, 3.63) is 53.6 Å². The van der Waals surface area contributed by atoms with Gasteiger partial charge in [-0.3, -0.25) is 9.69 Å². The number of aryl methyl sites for hydroxylation is 2. The van der Waals surface area contributed by atoms with E-state index in [0.29, 0.717) is 19.0 Å². The third kappa shape index (κ3) is 4.62. The lowest BCUT2D eigenvalue weighted by atomic mass is 9.97. The molecule has 2 fully saturated rings. The molecular weight excluding hydrogens is 402 g/mol. The quantitative estimate of drug-likeness (QED) is 0.771. The number of benzene rings is 2. The first-order valence-corrected chi connectivity index (χ1v) is 11.9. The van der Waals surface area contributed by atoms with Gasteiger partial charge < -0.3 is 20.1 Å². The van der Waals surface area contributed by atoms with Gasteiger partial charge in [0.1, 0.15) is 18.0 Å². The average Bonchev–Trinajstić information content (AvgIpc) is 2.80. The lowest BCUT2D eigenvalue weighted by Crippen LogP contribution is -2.54. The van der Waals surface area contributed by atoms with Crippen LogP contribution in [0.15, 0.2) is 42.5 Å². The predicted octanol–water partition coefficient (Wildman–Crippen LogP) is 3.36. The summed E-state index contributed by atoms with van der Waals surface area (Å²) in [4.78, 5) is 16.6. The second-order valence-corrected chi connectivity index (χ2v) is 9.43. The number of nitrogens with one attached hydrogen (secondary N) is 1. The molecule has 3 aliphatic rings. The van der Waals surface area contributed by atoms with Crippen LogP contribution in [0.1, 0.15) is 36.8 Å². The number of β-amino-alcohol motifs (C(OH)–C–C–N with tert-alkyl or cyclic N) is 1. The monoisotopic (exact) mass is 435 g/mol. The van der Waals surface area contributed by atoms with Crippen molar-refractivity contribution in [1.29, 1.82) is 0 Å². The van der Waals surface area contributed by atoms with Crippen LogP contribution in [0.25, 0.3) is 0 Å². The molecule has 2 atom stereocenters. The fourth-order valence-electron chi connectivity index (χ4n) is 5.32. The molecular formula is C26H33N3O3. The maximum atomic E-state index is 11.7. The first-order valence-electron chi connectivity index (χ1n) is 11.9. The van der Waals surface area contributed by atoms with Crippen molar-refractivity contribution in [2.24, 2.45) is 0 Å². The molecule has 1 amide bonds. The molecule has 2 N–H and O–H groups in total. The van der Waals surface area contributed by atoms with E-state index in [1.165, 1.54) is 11.3 Å². The number of aliphatic hydroxyl groups excluding tert-OH is 1. The van der Waals surface area contributed by atoms with Crippen LogP contribution in [-0.2, 0) is 11.2 Å². The molecule has 3 aliphatic heterocycles. The van der Waals surface area contributed by atoms with Crippen LogP contribution < -0.4 is 15.0 Å². The SMILES string of the molecule is Cc1cccc(N2CCC(N3CC[C@@H](Oc4ccc5c(c4)NC(=O)CC5)[C@H](O)C3)CC2)c1. The Balaban J connectivity index is 1.14. The van der Waals surface area contributed by atoms with Gasteiger partial charge in [-0.25, -0.2) is 0 Å². The summed E-state index contributed by atoms with van der Waals surface area (Å²) in [6, 6.07) is 15.1. The maximum Gasteiger partial charge on any atom is 0.224 e. The van der Waals surface area contributed by atoms with Gasteiger partial charge in [0.15, 0.2) is 0 Å². The molecule has 0 radical (unpaired) electrons. The highest BCUT2D eigenvalue weighted by molar-refractivity contribution is 5.94. The lowest BCUT2D eigenvalue weighted by molar-refractivity contribution is -0.116. The van der Waals surface area contributed by atoms with Crippen LogP contribution in [0.5, 0.6) is 5.75 Å². The number of carbonyl (C=O) groups is 1. The van der Waals surface area contributed by atoms with Gasteiger partial charge in [-0.2, -0.15) is 0 Å². The molecule has 0 aliphatic carbocycles. The standard InChI is InChI=1S/C26H33N3O3/c1-18-3-2-4-21(15-18)28-12-9-20(10-13-28)29-14-11-25(24(30)17-29)32-22-7-5-19-6-8-26(31)27-23(19)16-22/h2-5,7,15-16,20,24-25,30H,6,8-14,17H2,1H3,(H,27,31)/t24-,25-/m1/s1. The first kappa shape index (κ1) is 21.3. The number of fused-ring (bicyclic) bond motifs is 1. The molecule has 170 valence electrons. The number of rotatable bonds is 4. The zero-order valence-corrected chi connectivity index (χ0v) is 18.8. The molecule has 6 nitrogen and oxygen atoms in total. The van der Waals surface area contributed by atoms with Crippen molar-refractivity contribution in [1.82, 2.24) is 4.90 Å². The van der Waals surface area contributed by atoms with E-state index in [2.05, 4.69) is 46.3 Å². The van der Waals surface area contributed by atoms with Crippen molar-refractivity contribution in [2.75, 3.05) is 36.4 Å². The number of aliphatic hydroxyl groups is 1. The van der Waals surface area contributed by atoms with Crippen molar-refractivity contribution in [3.63, 3.8) is 0 Å². The smallest absolute Gasteiger partial charge is 0.224 e. The van der Waals surface area contributed by atoms with Crippen molar-refractivity contribution < 1.29 is 14.6 Å². The van der Waals surface area contributed by atoms with Crippen LogP contribution in [0.2, 0.25) is 0 Å². The Bertz CT molecular complexity index is 971. The number of piperidine rings is 2. The Morgan fingerprint density at radius 1 is 1.03 bits per heavy atom. The highest BCUT2D eigenvalue weighted by Crippen LogP contribution is 2.30. The molecule has 5 rings (SSSR count). The highest BCUT2D eigenvalue weighted by Gasteiger charge is 2.34. The van der Waals surface area contributed by atoms with E-state index < -0.39 is 6.10 Å². The van der Waals surface area contributed by atoms with Gasteiger partial charge >= 0.3 is 0 Å². The van der Waals surface area contributed by atoms with E-state index >= 15 is 0 Å². The molecule has 0 spiro atoms. The third-order valence-electron chi connectivity index (χ3n) is 7.16. The molecule has 2 aromatic carbocycles. The highest BCUT2D eigenvalue weighted by atomic mass is 16.5. The Morgan fingerprint density at radius 2 is 1.88 bits per heavy atom. The molecule has 6 heteroatoms. The number of nitrogens with zero attached hydrogens (tertiary/aromatic N) is 2. The van der Waals surface area contributed by atoms with Crippen LogP contribution in [0.4, 0.5) is 11.4 Å². The van der Waals surface area contributed by atoms with Crippen LogP contribution in [0, 0.1) is 6.92 Å². The Morgan fingerprint density at radius 3 is 2.66 bits per heavy atom. The van der Waals surface area contributed by atoms with Crippen LogP contribution >= 0.6 is 0 Å². The second kappa shape index (κ2) is 9.12. The molecule has 2 saturated heterocycles. The van der Waals surface area contributed by atoms with E-state index in [0.717, 1.165) is 62.3 Å². The topological polar surface area (TPSA) is 65.0 Å². The minimum atomic E-state index is -0.510. The van der Waals surface area contributed by atoms with E-state index in [1.807, 2.05) is 18.2 Å². The number of amides is 1. The van der Waals surface area contributed by atoms with Crippen LogP contribution in [0.3, 0.4) is 0 Å². The summed E-state index contributed by atoms with van der Waals surface area (Å²) in [7, 11) is 0. The number of anilines is 2. The second-order valence-electron chi connectivity index (χ2n) is 9.43. The van der Waals surface area contributed by atoms with E-state index in [4.69, 9.17) is 4.74 Å². The maximum absolute atomic E-state index is 11.7. The molecule has 0 saturated carbocycles. The summed E-state index contributed by atoms with van der Waals surface area (Å²) in [6.07, 6.45) is 3.63. The molecule has 32 heavy (non-hydrogen) atoms.